The van der Waals surface area contributed by atoms with Crippen LogP contribution in [0.2, 0.25) is 0 Å². The molecule has 1 aliphatic rings. The van der Waals surface area contributed by atoms with E-state index in [1.54, 1.807) is 6.07 Å². The van der Waals surface area contributed by atoms with E-state index in [0.717, 1.165) is 76.6 Å². The predicted molar refractivity (Wildman–Crippen MR) is 229 cm³/mol. The van der Waals surface area contributed by atoms with Crippen LogP contribution in [0.25, 0.3) is 6.08 Å². The van der Waals surface area contributed by atoms with E-state index in [4.69, 9.17) is 5.10 Å². The molecular weight excluding hydrogens is 677 g/mol. The Labute approximate surface area is 324 Å². The zero-order valence-corrected chi connectivity index (χ0v) is 31.7. The average molecular weight is 724 g/mol. The van der Waals surface area contributed by atoms with Crippen LogP contribution in [0, 0.1) is 0 Å². The molecule has 1 N–H and O–H groups in total. The Morgan fingerprint density at radius 3 is 1.76 bits per heavy atom. The maximum atomic E-state index is 11.9. The van der Waals surface area contributed by atoms with Gasteiger partial charge >= 0.3 is 5.97 Å². The molecule has 7 rings (SSSR count). The van der Waals surface area contributed by atoms with Gasteiger partial charge in [0.05, 0.1) is 28.6 Å². The smallest absolute Gasteiger partial charge is 0.335 e. The van der Waals surface area contributed by atoms with E-state index < -0.39 is 5.97 Å². The van der Waals surface area contributed by atoms with Crippen LogP contribution in [0.3, 0.4) is 0 Å². The number of carboxylic acid groups (broad SMARTS) is 1. The first-order valence-electron chi connectivity index (χ1n) is 19.0. The highest BCUT2D eigenvalue weighted by atomic mass is 16.4. The van der Waals surface area contributed by atoms with Gasteiger partial charge in [-0.3, -0.25) is 0 Å². The van der Waals surface area contributed by atoms with E-state index in [1.165, 1.54) is 5.71 Å². The van der Waals surface area contributed by atoms with Crippen molar-refractivity contribution in [3.8, 4) is 0 Å². The Kier molecular flexibility index (Phi) is 11.1. The van der Waals surface area contributed by atoms with Crippen molar-refractivity contribution in [3.05, 3.63) is 186 Å². The van der Waals surface area contributed by atoms with Crippen molar-refractivity contribution in [3.63, 3.8) is 0 Å². The van der Waals surface area contributed by atoms with E-state index in [0.29, 0.717) is 5.56 Å². The Bertz CT molecular complexity index is 2270. The lowest BCUT2D eigenvalue weighted by molar-refractivity contribution is -0.438. The molecule has 0 saturated carbocycles. The molecule has 1 aliphatic heterocycles. The van der Waals surface area contributed by atoms with Gasteiger partial charge in [-0.15, -0.1) is 0 Å². The lowest BCUT2D eigenvalue weighted by atomic mass is 9.80. The van der Waals surface area contributed by atoms with Gasteiger partial charge in [0.15, 0.2) is 5.71 Å². The number of fused-ring (bicyclic) bond motifs is 1. The number of carbonyl (C=O) groups is 1. The Balaban J connectivity index is 1.14. The van der Waals surface area contributed by atoms with Gasteiger partial charge in [0.1, 0.15) is 6.54 Å². The van der Waals surface area contributed by atoms with Crippen molar-refractivity contribution in [1.29, 1.82) is 0 Å². The highest BCUT2D eigenvalue weighted by Gasteiger charge is 2.44. The first kappa shape index (κ1) is 36.8. The highest BCUT2D eigenvalue weighted by Crippen LogP contribution is 2.41. The summed E-state index contributed by atoms with van der Waals surface area (Å²) in [6.45, 7) is 7.47. The molecule has 1 heterocycles. The number of anilines is 5. The minimum atomic E-state index is -0.902. The molecular formula is C49H47N4O2+. The highest BCUT2D eigenvalue weighted by molar-refractivity contribution is 6.06. The summed E-state index contributed by atoms with van der Waals surface area (Å²) in [7, 11) is 0. The number of aromatic carboxylic acids is 1. The third-order valence-corrected chi connectivity index (χ3v) is 10.2. The number of hydrogen-bond acceptors (Lipinski definition) is 4. The van der Waals surface area contributed by atoms with Gasteiger partial charge in [-0.05, 0) is 110 Å². The fourth-order valence-corrected chi connectivity index (χ4v) is 7.26. The second-order valence-corrected chi connectivity index (χ2v) is 14.3. The number of allylic oxidation sites excluding steroid dienone is 1. The SMILES string of the molecule is CCCCC[N+]1=C(/C=C/c2ccc(N(/N=C/c3ccc(N(c4ccccc4)c4ccccc4)cc3)c3ccccc3)cc2)C(C)(C)c2cc(C(=O)O)ccc21. The van der Waals surface area contributed by atoms with Gasteiger partial charge in [0.25, 0.3) is 0 Å². The summed E-state index contributed by atoms with van der Waals surface area (Å²) in [6.07, 6.45) is 9.61. The molecule has 6 aromatic rings. The monoisotopic (exact) mass is 723 g/mol. The van der Waals surface area contributed by atoms with Crippen LogP contribution in [0.1, 0.15) is 67.1 Å². The Hall–Kier alpha value is -6.53. The quantitative estimate of drug-likeness (QED) is 0.0526. The van der Waals surface area contributed by atoms with Gasteiger partial charge < -0.3 is 10.0 Å². The van der Waals surface area contributed by atoms with Crippen LogP contribution in [0.4, 0.5) is 34.1 Å². The van der Waals surface area contributed by atoms with E-state index >= 15 is 0 Å². The van der Waals surface area contributed by atoms with Gasteiger partial charge in [0, 0.05) is 41.2 Å². The summed E-state index contributed by atoms with van der Waals surface area (Å²) in [5, 5.41) is 16.7. The molecule has 0 radical (unpaired) electrons. The number of hydrazone groups is 1. The van der Waals surface area contributed by atoms with E-state index in [9.17, 15) is 9.90 Å². The molecule has 6 heteroatoms. The minimum Gasteiger partial charge on any atom is -0.478 e. The number of carboxylic acids is 1. The fourth-order valence-electron chi connectivity index (χ4n) is 7.26. The molecule has 0 fully saturated rings. The Morgan fingerprint density at radius 1 is 0.655 bits per heavy atom. The largest absolute Gasteiger partial charge is 0.478 e. The summed E-state index contributed by atoms with van der Waals surface area (Å²) < 4.78 is 2.38. The van der Waals surface area contributed by atoms with Crippen LogP contribution >= 0.6 is 0 Å². The normalized spacial score (nSPS) is 13.4. The molecule has 0 amide bonds. The summed E-state index contributed by atoms with van der Waals surface area (Å²) >= 11 is 0. The van der Waals surface area contributed by atoms with Gasteiger partial charge in [-0.25, -0.2) is 9.80 Å². The van der Waals surface area contributed by atoms with Gasteiger partial charge in [0.2, 0.25) is 5.69 Å². The first-order chi connectivity index (χ1) is 26.8. The zero-order chi connectivity index (χ0) is 38.2. The molecule has 55 heavy (non-hydrogen) atoms. The first-order valence-corrected chi connectivity index (χ1v) is 19.0. The van der Waals surface area contributed by atoms with Crippen molar-refractivity contribution >= 4 is 58.1 Å². The topological polar surface area (TPSA) is 59.2 Å². The fraction of sp³-hybridized carbons (Fsp3) is 0.163. The summed E-state index contributed by atoms with van der Waals surface area (Å²) in [4.78, 5) is 14.1. The van der Waals surface area contributed by atoms with Crippen molar-refractivity contribution in [2.75, 3.05) is 16.5 Å². The second-order valence-electron chi connectivity index (χ2n) is 14.3. The number of unbranched alkanes of at least 4 members (excludes halogenated alkanes) is 2. The third-order valence-electron chi connectivity index (χ3n) is 10.2. The summed E-state index contributed by atoms with van der Waals surface area (Å²) in [6, 6.07) is 53.4. The minimum absolute atomic E-state index is 0.321. The van der Waals surface area contributed by atoms with Crippen LogP contribution in [-0.4, -0.2) is 34.1 Å². The maximum absolute atomic E-state index is 11.9. The number of benzene rings is 6. The lowest BCUT2D eigenvalue weighted by Gasteiger charge is -2.25. The van der Waals surface area contributed by atoms with Crippen LogP contribution in [-0.2, 0) is 5.41 Å². The number of nitrogens with zero attached hydrogens (tertiary/aromatic N) is 4. The summed E-state index contributed by atoms with van der Waals surface area (Å²) in [5.41, 5.74) is 10.5. The second kappa shape index (κ2) is 16.6. The van der Waals surface area contributed by atoms with Crippen LogP contribution in [0.15, 0.2) is 169 Å². The van der Waals surface area contributed by atoms with Crippen molar-refractivity contribution < 1.29 is 14.5 Å². The number of hydrogen-bond donors (Lipinski definition) is 1. The molecule has 274 valence electrons. The Morgan fingerprint density at radius 2 is 1.18 bits per heavy atom. The van der Waals surface area contributed by atoms with E-state index in [2.05, 4.69) is 152 Å². The van der Waals surface area contributed by atoms with E-state index in [-0.39, 0.29) is 5.41 Å². The van der Waals surface area contributed by atoms with Gasteiger partial charge in [-0.1, -0.05) is 92.2 Å². The molecule has 0 unspecified atom stereocenters. The van der Waals surface area contributed by atoms with Crippen molar-refractivity contribution in [2.45, 2.75) is 45.4 Å². The molecule has 0 atom stereocenters. The van der Waals surface area contributed by atoms with Crippen molar-refractivity contribution in [1.82, 2.24) is 0 Å². The molecule has 0 bridgehead atoms. The lowest BCUT2D eigenvalue weighted by Crippen LogP contribution is -2.28. The molecule has 6 nitrogen and oxygen atoms in total. The molecule has 0 aromatic heterocycles. The average Bonchev–Trinajstić information content (AvgIpc) is 3.43. The standard InChI is InChI=1S/C49H46N4O2/c1-4-5-15-34-51-46-32-27-39(48(54)55)35-45(46)49(2,3)47(51)33-26-37-22-30-44(31-23-37)53(43-20-13-8-14-21-43)50-36-38-24-28-42(29-25-38)52(40-16-9-6-10-17-40)41-18-11-7-12-19-41/h6-14,16-33,35-36H,4-5,15,34H2,1-3H3/p+1/b50-36+. The maximum Gasteiger partial charge on any atom is 0.335 e. The number of para-hydroxylation sites is 3. The molecule has 6 aromatic carbocycles. The third kappa shape index (κ3) is 8.19. The van der Waals surface area contributed by atoms with E-state index in [1.807, 2.05) is 53.7 Å². The van der Waals surface area contributed by atoms with Crippen LogP contribution in [0.5, 0.6) is 0 Å². The molecule has 0 spiro atoms. The summed E-state index contributed by atoms with van der Waals surface area (Å²) in [5.74, 6) is -0.902. The number of rotatable bonds is 14. The zero-order valence-electron chi connectivity index (χ0n) is 31.7. The molecule has 0 saturated heterocycles. The predicted octanol–water partition coefficient (Wildman–Crippen LogP) is 12.3. The molecule has 0 aliphatic carbocycles. The van der Waals surface area contributed by atoms with Gasteiger partial charge in [-0.2, -0.15) is 9.68 Å². The van der Waals surface area contributed by atoms with Crippen molar-refractivity contribution in [2.24, 2.45) is 5.10 Å². The van der Waals surface area contributed by atoms with Crippen LogP contribution < -0.4 is 9.91 Å².